The third kappa shape index (κ3) is 3.61. The number of H-pyrrole nitrogens is 1. The summed E-state index contributed by atoms with van der Waals surface area (Å²) in [5, 5.41) is 10.2. The Labute approximate surface area is 146 Å². The molecular formula is C21H18N2O2. The highest BCUT2D eigenvalue weighted by Gasteiger charge is 2.16. The number of fused-ring (bicyclic) bond motifs is 1. The molecule has 0 aliphatic heterocycles. The molecule has 2 aromatic carbocycles. The molecule has 3 aromatic rings. The van der Waals surface area contributed by atoms with Crippen molar-refractivity contribution >= 4 is 22.8 Å². The van der Waals surface area contributed by atoms with Crippen LogP contribution in [0.3, 0.4) is 0 Å². The monoisotopic (exact) mass is 330 g/mol. The number of ketones is 1. The summed E-state index contributed by atoms with van der Waals surface area (Å²) in [5.74, 6) is 0.492. The summed E-state index contributed by atoms with van der Waals surface area (Å²) in [5.41, 5.74) is 2.27. The lowest BCUT2D eigenvalue weighted by Gasteiger charge is -2.04. The number of nitrogens with one attached hydrogen (secondary N) is 1. The third-order valence-electron chi connectivity index (χ3n) is 3.86. The number of carbonyl (C=O) groups excluding carboxylic acids is 1. The lowest BCUT2D eigenvalue weighted by atomic mass is 10.0. The minimum absolute atomic E-state index is 0.104. The highest BCUT2D eigenvalue weighted by atomic mass is 16.5. The Hall–Kier alpha value is -3.32. The van der Waals surface area contributed by atoms with Gasteiger partial charge in [0.1, 0.15) is 17.4 Å². The van der Waals surface area contributed by atoms with Gasteiger partial charge in [-0.15, -0.1) is 0 Å². The maximum atomic E-state index is 12.7. The Bertz CT molecular complexity index is 959. The number of carbonyl (C=O) groups is 1. The van der Waals surface area contributed by atoms with Crippen LogP contribution in [0.15, 0.2) is 60.3 Å². The zero-order chi connectivity index (χ0) is 17.6. The number of hydrogen-bond donors (Lipinski definition) is 1. The topological polar surface area (TPSA) is 65.9 Å². The van der Waals surface area contributed by atoms with Crippen molar-refractivity contribution in [1.29, 1.82) is 5.26 Å². The third-order valence-corrected chi connectivity index (χ3v) is 3.86. The van der Waals surface area contributed by atoms with Crippen LogP contribution in [-0.4, -0.2) is 17.4 Å². The van der Waals surface area contributed by atoms with E-state index in [1.165, 1.54) is 0 Å². The largest absolute Gasteiger partial charge is 0.494 e. The number of Topliss-reactive ketones (excluding diaryl/α,β-unsaturated/α-hetero) is 1. The molecule has 124 valence electrons. The van der Waals surface area contributed by atoms with Crippen LogP contribution in [0.4, 0.5) is 0 Å². The summed E-state index contributed by atoms with van der Waals surface area (Å²) in [4.78, 5) is 15.8. The van der Waals surface area contributed by atoms with Crippen molar-refractivity contribution in [3.63, 3.8) is 0 Å². The van der Waals surface area contributed by atoms with Gasteiger partial charge in [0.05, 0.1) is 6.61 Å². The molecule has 3 rings (SSSR count). The zero-order valence-corrected chi connectivity index (χ0v) is 14.0. The van der Waals surface area contributed by atoms with E-state index in [0.717, 1.165) is 28.6 Å². The van der Waals surface area contributed by atoms with Crippen LogP contribution in [-0.2, 0) is 0 Å². The number of rotatable bonds is 6. The molecule has 4 nitrogen and oxygen atoms in total. The minimum atomic E-state index is -0.286. The van der Waals surface area contributed by atoms with Crippen LogP contribution in [0.25, 0.3) is 17.0 Å². The quantitative estimate of drug-likeness (QED) is 0.403. The summed E-state index contributed by atoms with van der Waals surface area (Å²) >= 11 is 0. The van der Waals surface area contributed by atoms with E-state index in [9.17, 15) is 10.1 Å². The van der Waals surface area contributed by atoms with E-state index in [2.05, 4.69) is 4.98 Å². The van der Waals surface area contributed by atoms with Crippen LogP contribution >= 0.6 is 0 Å². The van der Waals surface area contributed by atoms with Crippen molar-refractivity contribution in [2.45, 2.75) is 13.3 Å². The second-order valence-corrected chi connectivity index (χ2v) is 5.66. The summed E-state index contributed by atoms with van der Waals surface area (Å²) in [6.07, 6.45) is 4.20. The van der Waals surface area contributed by atoms with E-state index in [-0.39, 0.29) is 11.4 Å². The molecule has 0 fully saturated rings. The number of allylic oxidation sites excluding steroid dienone is 1. The molecule has 0 spiro atoms. The molecule has 1 aromatic heterocycles. The van der Waals surface area contributed by atoms with Crippen molar-refractivity contribution < 1.29 is 9.53 Å². The van der Waals surface area contributed by atoms with Gasteiger partial charge in [0.25, 0.3) is 0 Å². The Morgan fingerprint density at radius 3 is 2.68 bits per heavy atom. The molecule has 0 saturated carbocycles. The molecule has 25 heavy (non-hydrogen) atoms. The van der Waals surface area contributed by atoms with Gasteiger partial charge in [-0.1, -0.05) is 37.3 Å². The van der Waals surface area contributed by atoms with Crippen molar-refractivity contribution in [3.05, 3.63) is 71.4 Å². The van der Waals surface area contributed by atoms with Gasteiger partial charge in [-0.25, -0.2) is 0 Å². The zero-order valence-electron chi connectivity index (χ0n) is 14.0. The number of aromatic amines is 1. The first kappa shape index (κ1) is 16.5. The van der Waals surface area contributed by atoms with Crippen LogP contribution in [0.1, 0.15) is 29.3 Å². The SMILES string of the molecule is CCCOc1ccc(/C=C(\C#N)C(=O)c2c[nH]c3ccccc23)cc1. The van der Waals surface area contributed by atoms with Gasteiger partial charge >= 0.3 is 0 Å². The van der Waals surface area contributed by atoms with Crippen molar-refractivity contribution in [1.82, 2.24) is 4.98 Å². The van der Waals surface area contributed by atoms with E-state index in [0.29, 0.717) is 12.2 Å². The lowest BCUT2D eigenvalue weighted by molar-refractivity contribution is 0.104. The van der Waals surface area contributed by atoms with E-state index < -0.39 is 0 Å². The first-order chi connectivity index (χ1) is 12.2. The number of nitrogens with zero attached hydrogens (tertiary/aromatic N) is 1. The van der Waals surface area contributed by atoms with Crippen LogP contribution < -0.4 is 4.74 Å². The Morgan fingerprint density at radius 1 is 1.20 bits per heavy atom. The fraction of sp³-hybridized carbons (Fsp3) is 0.143. The number of para-hydroxylation sites is 1. The average molecular weight is 330 g/mol. The van der Waals surface area contributed by atoms with E-state index in [4.69, 9.17) is 4.74 Å². The average Bonchev–Trinajstić information content (AvgIpc) is 3.09. The molecule has 1 heterocycles. The summed E-state index contributed by atoms with van der Waals surface area (Å²) < 4.78 is 5.54. The molecule has 0 radical (unpaired) electrons. The van der Waals surface area contributed by atoms with Crippen LogP contribution in [0.2, 0.25) is 0 Å². The van der Waals surface area contributed by atoms with Gasteiger partial charge in [-0.2, -0.15) is 5.26 Å². The van der Waals surface area contributed by atoms with Gasteiger partial charge < -0.3 is 9.72 Å². The van der Waals surface area contributed by atoms with Gasteiger partial charge in [-0.05, 0) is 36.3 Å². The summed E-state index contributed by atoms with van der Waals surface area (Å²) in [6.45, 7) is 2.71. The van der Waals surface area contributed by atoms with Gasteiger partial charge in [0.15, 0.2) is 0 Å². The molecule has 0 aliphatic carbocycles. The number of nitriles is 1. The number of benzene rings is 2. The number of ether oxygens (including phenoxy) is 1. The molecule has 0 bridgehead atoms. The predicted octanol–water partition coefficient (Wildman–Crippen LogP) is 4.75. The first-order valence-electron chi connectivity index (χ1n) is 8.18. The number of hydrogen-bond acceptors (Lipinski definition) is 3. The maximum Gasteiger partial charge on any atom is 0.205 e. The van der Waals surface area contributed by atoms with Crippen LogP contribution in [0.5, 0.6) is 5.75 Å². The molecule has 0 unspecified atom stereocenters. The molecule has 1 N–H and O–H groups in total. The molecule has 0 saturated heterocycles. The lowest BCUT2D eigenvalue weighted by Crippen LogP contribution is -2.01. The smallest absolute Gasteiger partial charge is 0.205 e. The first-order valence-corrected chi connectivity index (χ1v) is 8.18. The molecule has 0 amide bonds. The summed E-state index contributed by atoms with van der Waals surface area (Å²) in [6, 6.07) is 16.9. The van der Waals surface area contributed by atoms with E-state index in [1.54, 1.807) is 12.3 Å². The van der Waals surface area contributed by atoms with Gasteiger partial charge in [0.2, 0.25) is 5.78 Å². The molecule has 4 heteroatoms. The van der Waals surface area contributed by atoms with E-state index in [1.807, 2.05) is 61.5 Å². The normalized spacial score (nSPS) is 11.3. The van der Waals surface area contributed by atoms with Crippen LogP contribution in [0, 0.1) is 11.3 Å². The van der Waals surface area contributed by atoms with Crippen molar-refractivity contribution in [3.8, 4) is 11.8 Å². The highest BCUT2D eigenvalue weighted by molar-refractivity contribution is 6.19. The summed E-state index contributed by atoms with van der Waals surface area (Å²) in [7, 11) is 0. The Kier molecular flexibility index (Phi) is 4.96. The number of aromatic nitrogens is 1. The van der Waals surface area contributed by atoms with Crippen molar-refractivity contribution in [2.24, 2.45) is 0 Å². The van der Waals surface area contributed by atoms with E-state index >= 15 is 0 Å². The molecule has 0 atom stereocenters. The molecule has 0 aliphatic rings. The van der Waals surface area contributed by atoms with Gasteiger partial charge in [-0.3, -0.25) is 4.79 Å². The van der Waals surface area contributed by atoms with Gasteiger partial charge in [0, 0.05) is 22.7 Å². The second kappa shape index (κ2) is 7.50. The maximum absolute atomic E-state index is 12.7. The second-order valence-electron chi connectivity index (χ2n) is 5.66. The fourth-order valence-corrected chi connectivity index (χ4v) is 2.60. The molecular weight excluding hydrogens is 312 g/mol. The minimum Gasteiger partial charge on any atom is -0.494 e. The van der Waals surface area contributed by atoms with Crippen molar-refractivity contribution in [2.75, 3.05) is 6.61 Å². The Balaban J connectivity index is 1.87. The Morgan fingerprint density at radius 2 is 1.96 bits per heavy atom. The fourth-order valence-electron chi connectivity index (χ4n) is 2.60. The standard InChI is InChI=1S/C21H18N2O2/c1-2-11-25-17-9-7-15(8-10-17)12-16(13-22)21(24)19-14-23-20-6-4-3-5-18(19)20/h3-10,12,14,23H,2,11H2,1H3/b16-12+. The highest BCUT2D eigenvalue weighted by Crippen LogP contribution is 2.22. The predicted molar refractivity (Wildman–Crippen MR) is 98.4 cm³/mol.